The lowest BCUT2D eigenvalue weighted by Crippen LogP contribution is -2.20. The summed E-state index contributed by atoms with van der Waals surface area (Å²) in [5.74, 6) is 2.32. The SMILES string of the molecule is CNC(CSCCN(C)C)c1cccc(C)c1. The molecule has 0 bridgehead atoms. The molecular weight excluding hydrogens is 228 g/mol. The molecule has 1 rings (SSSR count). The van der Waals surface area contributed by atoms with Gasteiger partial charge in [-0.2, -0.15) is 11.8 Å². The van der Waals surface area contributed by atoms with Gasteiger partial charge in [-0.15, -0.1) is 0 Å². The molecule has 0 saturated heterocycles. The zero-order valence-corrected chi connectivity index (χ0v) is 12.2. The quantitative estimate of drug-likeness (QED) is 0.751. The number of hydrogen-bond donors (Lipinski definition) is 1. The molecule has 1 aromatic rings. The molecule has 0 amide bonds. The molecule has 0 radical (unpaired) electrons. The highest BCUT2D eigenvalue weighted by molar-refractivity contribution is 7.99. The first kappa shape index (κ1) is 14.6. The predicted molar refractivity (Wildman–Crippen MR) is 78.9 cm³/mol. The average molecular weight is 252 g/mol. The Morgan fingerprint density at radius 1 is 1.35 bits per heavy atom. The third-order valence-electron chi connectivity index (χ3n) is 2.76. The lowest BCUT2D eigenvalue weighted by Gasteiger charge is -2.17. The van der Waals surface area contributed by atoms with Crippen molar-refractivity contribution in [2.45, 2.75) is 13.0 Å². The Kier molecular flexibility index (Phi) is 6.63. The van der Waals surface area contributed by atoms with Crippen LogP contribution in [0.15, 0.2) is 24.3 Å². The van der Waals surface area contributed by atoms with Gasteiger partial charge in [-0.25, -0.2) is 0 Å². The lowest BCUT2D eigenvalue weighted by atomic mass is 10.1. The topological polar surface area (TPSA) is 15.3 Å². The Morgan fingerprint density at radius 3 is 2.71 bits per heavy atom. The van der Waals surface area contributed by atoms with Gasteiger partial charge >= 0.3 is 0 Å². The third kappa shape index (κ3) is 5.57. The summed E-state index contributed by atoms with van der Waals surface area (Å²) in [6, 6.07) is 9.23. The molecule has 3 heteroatoms. The summed E-state index contributed by atoms with van der Waals surface area (Å²) in [7, 11) is 6.28. The summed E-state index contributed by atoms with van der Waals surface area (Å²) < 4.78 is 0. The summed E-state index contributed by atoms with van der Waals surface area (Å²) in [4.78, 5) is 2.23. The number of thioether (sulfide) groups is 1. The maximum absolute atomic E-state index is 3.40. The van der Waals surface area contributed by atoms with Crippen LogP contribution in [0.2, 0.25) is 0 Å². The van der Waals surface area contributed by atoms with Crippen LogP contribution in [-0.4, -0.2) is 44.1 Å². The summed E-state index contributed by atoms with van der Waals surface area (Å²) in [5.41, 5.74) is 2.73. The van der Waals surface area contributed by atoms with E-state index in [1.54, 1.807) is 0 Å². The normalized spacial score (nSPS) is 13.0. The van der Waals surface area contributed by atoms with Crippen molar-refractivity contribution in [1.29, 1.82) is 0 Å². The van der Waals surface area contributed by atoms with Crippen molar-refractivity contribution in [2.75, 3.05) is 39.2 Å². The first-order valence-electron chi connectivity index (χ1n) is 6.09. The van der Waals surface area contributed by atoms with Gasteiger partial charge in [0.05, 0.1) is 0 Å². The molecule has 2 nitrogen and oxygen atoms in total. The second kappa shape index (κ2) is 7.75. The van der Waals surface area contributed by atoms with Gasteiger partial charge in [0.1, 0.15) is 0 Å². The van der Waals surface area contributed by atoms with E-state index in [1.807, 2.05) is 18.8 Å². The lowest BCUT2D eigenvalue weighted by molar-refractivity contribution is 0.437. The van der Waals surface area contributed by atoms with Crippen molar-refractivity contribution in [3.05, 3.63) is 35.4 Å². The van der Waals surface area contributed by atoms with Crippen LogP contribution in [0.3, 0.4) is 0 Å². The van der Waals surface area contributed by atoms with Gasteiger partial charge in [0.25, 0.3) is 0 Å². The zero-order chi connectivity index (χ0) is 12.7. The number of aryl methyl sites for hydroxylation is 1. The van der Waals surface area contributed by atoms with Crippen LogP contribution >= 0.6 is 11.8 Å². The molecule has 0 aliphatic heterocycles. The van der Waals surface area contributed by atoms with Crippen LogP contribution in [-0.2, 0) is 0 Å². The fourth-order valence-corrected chi connectivity index (χ4v) is 2.94. The number of rotatable bonds is 7. The highest BCUT2D eigenvalue weighted by atomic mass is 32.2. The Balaban J connectivity index is 2.43. The predicted octanol–water partition coefficient (Wildman–Crippen LogP) is 2.55. The standard InChI is InChI=1S/C14H24N2S/c1-12-6-5-7-13(10-12)14(15-2)11-17-9-8-16(3)4/h5-7,10,14-15H,8-9,11H2,1-4H3. The van der Waals surface area contributed by atoms with E-state index in [4.69, 9.17) is 0 Å². The largest absolute Gasteiger partial charge is 0.312 e. The van der Waals surface area contributed by atoms with Crippen molar-refractivity contribution in [3.63, 3.8) is 0 Å². The molecule has 17 heavy (non-hydrogen) atoms. The van der Waals surface area contributed by atoms with Crippen molar-refractivity contribution in [2.24, 2.45) is 0 Å². The highest BCUT2D eigenvalue weighted by Gasteiger charge is 2.08. The number of benzene rings is 1. The summed E-state index contributed by atoms with van der Waals surface area (Å²) >= 11 is 2.01. The molecule has 1 unspecified atom stereocenters. The number of nitrogens with one attached hydrogen (secondary N) is 1. The van der Waals surface area contributed by atoms with Gasteiger partial charge in [-0.3, -0.25) is 0 Å². The van der Waals surface area contributed by atoms with E-state index >= 15 is 0 Å². The molecule has 0 aliphatic carbocycles. The molecule has 1 N–H and O–H groups in total. The zero-order valence-electron chi connectivity index (χ0n) is 11.4. The van der Waals surface area contributed by atoms with Gasteiger partial charge in [0.15, 0.2) is 0 Å². The van der Waals surface area contributed by atoms with Crippen LogP contribution in [0.1, 0.15) is 17.2 Å². The molecular formula is C14H24N2S. The van der Waals surface area contributed by atoms with Crippen molar-refractivity contribution < 1.29 is 0 Å². The van der Waals surface area contributed by atoms with Crippen LogP contribution in [0.25, 0.3) is 0 Å². The third-order valence-corrected chi connectivity index (χ3v) is 3.80. The van der Waals surface area contributed by atoms with Crippen LogP contribution in [0, 0.1) is 6.92 Å². The smallest absolute Gasteiger partial charge is 0.0409 e. The highest BCUT2D eigenvalue weighted by Crippen LogP contribution is 2.19. The first-order valence-corrected chi connectivity index (χ1v) is 7.25. The average Bonchev–Trinajstić information content (AvgIpc) is 2.29. The molecule has 1 aromatic carbocycles. The minimum atomic E-state index is 0.460. The Morgan fingerprint density at radius 2 is 2.12 bits per heavy atom. The van der Waals surface area contributed by atoms with Gasteiger partial charge < -0.3 is 10.2 Å². The monoisotopic (exact) mass is 252 g/mol. The molecule has 1 atom stereocenters. The van der Waals surface area contributed by atoms with E-state index in [1.165, 1.54) is 16.9 Å². The van der Waals surface area contributed by atoms with Gasteiger partial charge in [-0.1, -0.05) is 29.8 Å². The van der Waals surface area contributed by atoms with E-state index in [2.05, 4.69) is 55.5 Å². The van der Waals surface area contributed by atoms with Crippen molar-refractivity contribution in [3.8, 4) is 0 Å². The van der Waals surface area contributed by atoms with Gasteiger partial charge in [0, 0.05) is 24.1 Å². The van der Waals surface area contributed by atoms with Crippen LogP contribution in [0.5, 0.6) is 0 Å². The molecule has 0 fully saturated rings. The number of nitrogens with zero attached hydrogens (tertiary/aromatic N) is 1. The Labute approximate surface area is 110 Å². The van der Waals surface area contributed by atoms with E-state index < -0.39 is 0 Å². The van der Waals surface area contributed by atoms with Gasteiger partial charge in [-0.05, 0) is 33.6 Å². The summed E-state index contributed by atoms with van der Waals surface area (Å²) in [5, 5.41) is 3.40. The van der Waals surface area contributed by atoms with Crippen molar-refractivity contribution >= 4 is 11.8 Å². The summed E-state index contributed by atoms with van der Waals surface area (Å²) in [6.07, 6.45) is 0. The fraction of sp³-hybridized carbons (Fsp3) is 0.571. The second-order valence-corrected chi connectivity index (χ2v) is 5.78. The van der Waals surface area contributed by atoms with E-state index in [0.29, 0.717) is 6.04 Å². The van der Waals surface area contributed by atoms with Crippen LogP contribution in [0.4, 0.5) is 0 Å². The fourth-order valence-electron chi connectivity index (χ4n) is 1.68. The first-order chi connectivity index (χ1) is 8.13. The van der Waals surface area contributed by atoms with E-state index in [9.17, 15) is 0 Å². The molecule has 0 heterocycles. The minimum Gasteiger partial charge on any atom is -0.312 e. The molecule has 96 valence electrons. The summed E-state index contributed by atoms with van der Waals surface area (Å²) in [6.45, 7) is 3.30. The van der Waals surface area contributed by atoms with E-state index in [0.717, 1.165) is 12.3 Å². The van der Waals surface area contributed by atoms with Gasteiger partial charge in [0.2, 0.25) is 0 Å². The van der Waals surface area contributed by atoms with E-state index in [-0.39, 0.29) is 0 Å². The Bertz CT molecular complexity index is 326. The molecule has 0 spiro atoms. The van der Waals surface area contributed by atoms with Crippen molar-refractivity contribution in [1.82, 2.24) is 10.2 Å². The van der Waals surface area contributed by atoms with Crippen LogP contribution < -0.4 is 5.32 Å². The minimum absolute atomic E-state index is 0.460. The molecule has 0 aliphatic rings. The molecule has 0 saturated carbocycles. The molecule has 0 aromatic heterocycles. The maximum atomic E-state index is 3.40. The number of hydrogen-bond acceptors (Lipinski definition) is 3. The Hall–Kier alpha value is -0.510. The maximum Gasteiger partial charge on any atom is 0.0409 e. The second-order valence-electron chi connectivity index (χ2n) is 4.63.